The number of amides is 1. The molecule has 0 aliphatic carbocycles. The molecule has 1 N–H and O–H groups in total. The van der Waals surface area contributed by atoms with Crippen molar-refractivity contribution in [2.75, 3.05) is 18.9 Å². The van der Waals surface area contributed by atoms with Gasteiger partial charge in [0, 0.05) is 20.2 Å². The van der Waals surface area contributed by atoms with Crippen LogP contribution in [0.15, 0.2) is 29.4 Å². The summed E-state index contributed by atoms with van der Waals surface area (Å²) in [6.45, 7) is 1.31. The third kappa shape index (κ3) is 3.93. The van der Waals surface area contributed by atoms with Crippen molar-refractivity contribution in [2.45, 2.75) is 24.1 Å². The highest BCUT2D eigenvalue weighted by molar-refractivity contribution is 7.99. The molecule has 0 spiro atoms. The lowest BCUT2D eigenvalue weighted by atomic mass is 10.2. The molecule has 0 radical (unpaired) electrons. The first-order valence-electron chi connectivity index (χ1n) is 7.80. The lowest BCUT2D eigenvalue weighted by Crippen LogP contribution is -2.32. The van der Waals surface area contributed by atoms with Crippen LogP contribution in [0.1, 0.15) is 12.8 Å². The molecule has 1 saturated heterocycles. The van der Waals surface area contributed by atoms with Crippen LogP contribution in [0.5, 0.6) is 0 Å². The summed E-state index contributed by atoms with van der Waals surface area (Å²) in [5.41, 5.74) is 0.391. The van der Waals surface area contributed by atoms with Crippen molar-refractivity contribution >= 4 is 17.7 Å². The van der Waals surface area contributed by atoms with E-state index in [-0.39, 0.29) is 23.6 Å². The van der Waals surface area contributed by atoms with Crippen LogP contribution >= 0.6 is 11.8 Å². The molecule has 24 heavy (non-hydrogen) atoms. The molecule has 0 saturated carbocycles. The Hall–Kier alpha value is -1.93. The number of ether oxygens (including phenoxy) is 1. The van der Waals surface area contributed by atoms with Gasteiger partial charge >= 0.3 is 0 Å². The van der Waals surface area contributed by atoms with Crippen LogP contribution < -0.4 is 5.32 Å². The molecule has 3 rings (SSSR count). The lowest BCUT2D eigenvalue weighted by molar-refractivity contribution is -0.119. The Morgan fingerprint density at radius 3 is 3.04 bits per heavy atom. The summed E-state index contributed by atoms with van der Waals surface area (Å²) in [6, 6.07) is 6.42. The van der Waals surface area contributed by atoms with E-state index >= 15 is 0 Å². The summed E-state index contributed by atoms with van der Waals surface area (Å²) >= 11 is 1.27. The average molecular weight is 350 g/mol. The maximum Gasteiger partial charge on any atom is 0.230 e. The number of halogens is 1. The highest BCUT2D eigenvalue weighted by Gasteiger charge is 2.18. The molecule has 1 aromatic carbocycles. The van der Waals surface area contributed by atoms with Gasteiger partial charge in [-0.1, -0.05) is 23.9 Å². The molecule has 8 heteroatoms. The van der Waals surface area contributed by atoms with Gasteiger partial charge in [0.2, 0.25) is 5.91 Å². The molecule has 1 aliphatic heterocycles. The van der Waals surface area contributed by atoms with E-state index < -0.39 is 0 Å². The van der Waals surface area contributed by atoms with Crippen molar-refractivity contribution in [3.8, 4) is 11.4 Å². The topological polar surface area (TPSA) is 69.0 Å². The van der Waals surface area contributed by atoms with Crippen molar-refractivity contribution in [2.24, 2.45) is 7.05 Å². The van der Waals surface area contributed by atoms with Gasteiger partial charge in [0.15, 0.2) is 11.0 Å². The fourth-order valence-corrected chi connectivity index (χ4v) is 3.27. The van der Waals surface area contributed by atoms with Gasteiger partial charge in [0.25, 0.3) is 0 Å². The van der Waals surface area contributed by atoms with E-state index in [9.17, 15) is 9.18 Å². The largest absolute Gasteiger partial charge is 0.376 e. The fraction of sp³-hybridized carbons (Fsp3) is 0.438. The van der Waals surface area contributed by atoms with Crippen LogP contribution in [0.4, 0.5) is 4.39 Å². The van der Waals surface area contributed by atoms with Crippen LogP contribution in [-0.2, 0) is 16.6 Å². The molecule has 1 atom stereocenters. The van der Waals surface area contributed by atoms with Gasteiger partial charge in [-0.3, -0.25) is 4.79 Å². The Morgan fingerprint density at radius 2 is 2.29 bits per heavy atom. The summed E-state index contributed by atoms with van der Waals surface area (Å²) in [6.07, 6.45) is 2.16. The summed E-state index contributed by atoms with van der Waals surface area (Å²) in [7, 11) is 1.76. The number of carbonyl (C=O) groups excluding carboxylic acids is 1. The first-order valence-corrected chi connectivity index (χ1v) is 8.79. The highest BCUT2D eigenvalue weighted by atomic mass is 32.2. The Labute approximate surface area is 143 Å². The SMILES string of the molecule is Cn1c(SCC(=O)NC[C@H]2CCCO2)nnc1-c1ccccc1F. The van der Waals surface area contributed by atoms with Gasteiger partial charge in [0.05, 0.1) is 17.4 Å². The van der Waals surface area contributed by atoms with Crippen LogP contribution in [-0.4, -0.2) is 45.7 Å². The van der Waals surface area contributed by atoms with E-state index in [1.165, 1.54) is 17.8 Å². The quantitative estimate of drug-likeness (QED) is 0.807. The summed E-state index contributed by atoms with van der Waals surface area (Å²) in [4.78, 5) is 11.9. The predicted molar refractivity (Wildman–Crippen MR) is 89.1 cm³/mol. The van der Waals surface area contributed by atoms with Crippen LogP contribution in [0, 0.1) is 5.82 Å². The molecule has 128 valence electrons. The molecular weight excluding hydrogens is 331 g/mol. The molecule has 1 fully saturated rings. The van der Waals surface area contributed by atoms with E-state index in [0.717, 1.165) is 19.4 Å². The van der Waals surface area contributed by atoms with Crippen molar-refractivity contribution in [3.05, 3.63) is 30.1 Å². The van der Waals surface area contributed by atoms with Crippen molar-refractivity contribution < 1.29 is 13.9 Å². The lowest BCUT2D eigenvalue weighted by Gasteiger charge is -2.10. The van der Waals surface area contributed by atoms with E-state index in [1.54, 1.807) is 29.8 Å². The number of carbonyl (C=O) groups is 1. The maximum absolute atomic E-state index is 13.9. The van der Waals surface area contributed by atoms with Crippen molar-refractivity contribution in [1.82, 2.24) is 20.1 Å². The van der Waals surface area contributed by atoms with Gasteiger partial charge in [0.1, 0.15) is 5.82 Å². The molecule has 0 bridgehead atoms. The van der Waals surface area contributed by atoms with Gasteiger partial charge in [-0.05, 0) is 25.0 Å². The minimum absolute atomic E-state index is 0.0778. The van der Waals surface area contributed by atoms with Gasteiger partial charge < -0.3 is 14.6 Å². The Balaban J connectivity index is 1.56. The Kier molecular flexibility index (Phi) is 5.47. The minimum atomic E-state index is -0.348. The van der Waals surface area contributed by atoms with Gasteiger partial charge in [-0.15, -0.1) is 10.2 Å². The third-order valence-electron chi connectivity index (χ3n) is 3.83. The van der Waals surface area contributed by atoms with E-state index in [1.807, 2.05) is 0 Å². The number of hydrogen-bond acceptors (Lipinski definition) is 5. The number of aromatic nitrogens is 3. The normalized spacial score (nSPS) is 17.2. The Morgan fingerprint density at radius 1 is 1.46 bits per heavy atom. The number of rotatable bonds is 6. The molecule has 1 amide bonds. The van der Waals surface area contributed by atoms with Gasteiger partial charge in [-0.2, -0.15) is 0 Å². The second-order valence-electron chi connectivity index (χ2n) is 5.57. The zero-order chi connectivity index (χ0) is 16.9. The van der Waals surface area contributed by atoms with E-state index in [4.69, 9.17) is 4.74 Å². The molecule has 1 aromatic heterocycles. The van der Waals surface area contributed by atoms with Crippen LogP contribution in [0.3, 0.4) is 0 Å². The van der Waals surface area contributed by atoms with E-state index in [2.05, 4.69) is 15.5 Å². The third-order valence-corrected chi connectivity index (χ3v) is 4.85. The molecule has 2 heterocycles. The zero-order valence-corrected chi connectivity index (χ0v) is 14.2. The summed E-state index contributed by atoms with van der Waals surface area (Å²) < 4.78 is 21.0. The molecular formula is C16H19FN4O2S. The Bertz CT molecular complexity index is 716. The predicted octanol–water partition coefficient (Wildman–Crippen LogP) is 2.01. The van der Waals surface area contributed by atoms with Crippen LogP contribution in [0.25, 0.3) is 11.4 Å². The number of nitrogens with one attached hydrogen (secondary N) is 1. The number of nitrogens with zero attached hydrogens (tertiary/aromatic N) is 3. The first-order chi connectivity index (χ1) is 11.6. The monoisotopic (exact) mass is 350 g/mol. The second-order valence-corrected chi connectivity index (χ2v) is 6.52. The average Bonchev–Trinajstić information content (AvgIpc) is 3.22. The maximum atomic E-state index is 13.9. The van der Waals surface area contributed by atoms with Crippen LogP contribution in [0.2, 0.25) is 0 Å². The first kappa shape index (κ1) is 16.9. The standard InChI is InChI=1S/C16H19FN4O2S/c1-21-15(12-6-2-3-7-13(12)17)19-20-16(21)24-10-14(22)18-9-11-5-4-8-23-11/h2-3,6-7,11H,4-5,8-10H2,1H3,(H,18,22)/t11-/m1/s1. The molecule has 6 nitrogen and oxygen atoms in total. The summed E-state index contributed by atoms with van der Waals surface area (Å²) in [5.74, 6) is 0.246. The number of benzene rings is 1. The smallest absolute Gasteiger partial charge is 0.230 e. The van der Waals surface area contributed by atoms with E-state index in [0.29, 0.717) is 23.1 Å². The second kappa shape index (κ2) is 7.76. The number of hydrogen-bond donors (Lipinski definition) is 1. The molecule has 0 unspecified atom stereocenters. The van der Waals surface area contributed by atoms with Gasteiger partial charge in [-0.25, -0.2) is 4.39 Å². The highest BCUT2D eigenvalue weighted by Crippen LogP contribution is 2.24. The minimum Gasteiger partial charge on any atom is -0.376 e. The summed E-state index contributed by atoms with van der Waals surface area (Å²) in [5, 5.41) is 11.5. The zero-order valence-electron chi connectivity index (χ0n) is 13.4. The fourth-order valence-electron chi connectivity index (χ4n) is 2.53. The molecule has 1 aliphatic rings. The van der Waals surface area contributed by atoms with Crippen molar-refractivity contribution in [1.29, 1.82) is 0 Å². The molecule has 2 aromatic rings. The number of thioether (sulfide) groups is 1. The van der Waals surface area contributed by atoms with Crippen molar-refractivity contribution in [3.63, 3.8) is 0 Å².